The first kappa shape index (κ1) is 18.0. The molecule has 7 nitrogen and oxygen atoms in total. The van der Waals surface area contributed by atoms with Crippen LogP contribution in [0.4, 0.5) is 0 Å². The summed E-state index contributed by atoms with van der Waals surface area (Å²) < 4.78 is 1.48. The Bertz CT molecular complexity index is 1190. The van der Waals surface area contributed by atoms with E-state index in [1.807, 2.05) is 0 Å². The summed E-state index contributed by atoms with van der Waals surface area (Å²) in [6, 6.07) is 13.5. The summed E-state index contributed by atoms with van der Waals surface area (Å²) in [6.45, 7) is 0. The molecule has 5 N–H and O–H groups in total. The van der Waals surface area contributed by atoms with Crippen molar-refractivity contribution in [1.29, 1.82) is 0 Å². The number of hydrazine groups is 1. The summed E-state index contributed by atoms with van der Waals surface area (Å²) in [5.74, 6) is -0.0287. The molecule has 0 saturated carbocycles. The maximum absolute atomic E-state index is 13.0. The molecule has 0 amide bonds. The van der Waals surface area contributed by atoms with E-state index < -0.39 is 6.04 Å². The number of pyridine rings is 1. The third-order valence-corrected chi connectivity index (χ3v) is 4.94. The SMILES string of the molecule is Cn1c(=O)c(C2=C[C@H](c3ccccc3O)NNC(=S)N2)c(O)c2ccccc21. The van der Waals surface area contributed by atoms with Crippen LogP contribution in [0, 0.1) is 0 Å². The zero-order chi connectivity index (χ0) is 19.8. The Kier molecular flexibility index (Phi) is 4.50. The monoisotopic (exact) mass is 394 g/mol. The Labute approximate surface area is 165 Å². The van der Waals surface area contributed by atoms with Gasteiger partial charge in [0.15, 0.2) is 5.11 Å². The molecule has 28 heavy (non-hydrogen) atoms. The number of hydrogen-bond donors (Lipinski definition) is 5. The van der Waals surface area contributed by atoms with Gasteiger partial charge in [0.05, 0.1) is 17.3 Å². The fourth-order valence-corrected chi connectivity index (χ4v) is 3.50. The van der Waals surface area contributed by atoms with Crippen LogP contribution in [0.25, 0.3) is 16.6 Å². The van der Waals surface area contributed by atoms with E-state index in [1.54, 1.807) is 61.7 Å². The highest BCUT2D eigenvalue weighted by atomic mass is 32.1. The molecule has 142 valence electrons. The summed E-state index contributed by atoms with van der Waals surface area (Å²) in [5.41, 5.74) is 7.13. The van der Waals surface area contributed by atoms with Crippen molar-refractivity contribution in [2.75, 3.05) is 0 Å². The van der Waals surface area contributed by atoms with Gasteiger partial charge < -0.3 is 20.1 Å². The van der Waals surface area contributed by atoms with Crippen molar-refractivity contribution in [3.8, 4) is 11.5 Å². The lowest BCUT2D eigenvalue weighted by Gasteiger charge is -2.16. The van der Waals surface area contributed by atoms with Crippen LogP contribution in [0.5, 0.6) is 11.5 Å². The largest absolute Gasteiger partial charge is 0.508 e. The number of nitrogens with zero attached hydrogens (tertiary/aromatic N) is 1. The van der Waals surface area contributed by atoms with Crippen LogP contribution in [0.3, 0.4) is 0 Å². The Morgan fingerprint density at radius 1 is 1.07 bits per heavy atom. The van der Waals surface area contributed by atoms with Gasteiger partial charge in [0, 0.05) is 18.0 Å². The second kappa shape index (κ2) is 6.99. The number of phenolic OH excluding ortho intramolecular Hbond substituents is 1. The van der Waals surface area contributed by atoms with Gasteiger partial charge in [-0.3, -0.25) is 10.2 Å². The molecule has 2 aromatic carbocycles. The summed E-state index contributed by atoms with van der Waals surface area (Å²) in [7, 11) is 1.65. The molecule has 3 aromatic rings. The van der Waals surface area contributed by atoms with Gasteiger partial charge in [-0.05, 0) is 36.5 Å². The van der Waals surface area contributed by atoms with E-state index in [1.165, 1.54) is 4.57 Å². The first-order valence-electron chi connectivity index (χ1n) is 8.60. The van der Waals surface area contributed by atoms with Gasteiger partial charge in [-0.15, -0.1) is 0 Å². The quantitative estimate of drug-likeness (QED) is 0.424. The number of thiocarbonyl (C=S) groups is 1. The minimum absolute atomic E-state index is 0.0980. The van der Waals surface area contributed by atoms with Gasteiger partial charge in [-0.25, -0.2) is 5.43 Å². The summed E-state index contributed by atoms with van der Waals surface area (Å²) in [4.78, 5) is 13.0. The molecule has 0 aliphatic carbocycles. The van der Waals surface area contributed by atoms with Crippen LogP contribution >= 0.6 is 12.2 Å². The zero-order valence-electron chi connectivity index (χ0n) is 14.9. The number of phenols is 1. The topological polar surface area (TPSA) is 98.6 Å². The minimum Gasteiger partial charge on any atom is -0.508 e. The number of fused-ring (bicyclic) bond motifs is 1. The molecule has 1 aromatic heterocycles. The van der Waals surface area contributed by atoms with Gasteiger partial charge in [0.25, 0.3) is 5.56 Å². The number of rotatable bonds is 2. The lowest BCUT2D eigenvalue weighted by molar-refractivity contribution is 0.456. The molecule has 0 fully saturated rings. The van der Waals surface area contributed by atoms with E-state index in [9.17, 15) is 15.0 Å². The molecule has 8 heteroatoms. The Morgan fingerprint density at radius 3 is 2.57 bits per heavy atom. The van der Waals surface area contributed by atoms with Gasteiger partial charge in [0.1, 0.15) is 17.1 Å². The van der Waals surface area contributed by atoms with Gasteiger partial charge in [0.2, 0.25) is 0 Å². The molecule has 1 aliphatic rings. The van der Waals surface area contributed by atoms with Crippen molar-refractivity contribution >= 4 is 33.9 Å². The van der Waals surface area contributed by atoms with Gasteiger partial charge in [-0.2, -0.15) is 0 Å². The molecule has 0 saturated heterocycles. The molecule has 0 bridgehead atoms. The standard InChI is InChI=1S/C20H18N4O3S/c1-24-15-8-4-2-7-12(15)18(26)17(19(24)27)14-10-13(22-23-20(28)21-14)11-6-3-5-9-16(11)25/h2-10,13,22,25-26H,1H3,(H2,21,23,28)/t13-/m1/s1. The maximum Gasteiger partial charge on any atom is 0.263 e. The molecule has 4 rings (SSSR count). The van der Waals surface area contributed by atoms with Crippen molar-refractivity contribution < 1.29 is 10.2 Å². The summed E-state index contributed by atoms with van der Waals surface area (Å²) in [5, 5.41) is 24.8. The maximum atomic E-state index is 13.0. The third-order valence-electron chi connectivity index (χ3n) is 4.74. The van der Waals surface area contributed by atoms with E-state index >= 15 is 0 Å². The average Bonchev–Trinajstić information content (AvgIpc) is 2.88. The normalized spacial score (nSPS) is 16.8. The number of hydrogen-bond acceptors (Lipinski definition) is 5. The second-order valence-electron chi connectivity index (χ2n) is 6.45. The first-order valence-corrected chi connectivity index (χ1v) is 9.01. The fourth-order valence-electron chi connectivity index (χ4n) is 3.33. The first-order chi connectivity index (χ1) is 13.5. The van der Waals surface area contributed by atoms with E-state index in [0.29, 0.717) is 22.2 Å². The molecular formula is C20H18N4O3S. The predicted octanol–water partition coefficient (Wildman–Crippen LogP) is 2.01. The Balaban J connectivity index is 1.95. The van der Waals surface area contributed by atoms with Gasteiger partial charge in [-0.1, -0.05) is 30.3 Å². The lowest BCUT2D eigenvalue weighted by Crippen LogP contribution is -2.42. The smallest absolute Gasteiger partial charge is 0.263 e. The van der Waals surface area contributed by atoms with Crippen molar-refractivity contribution in [1.82, 2.24) is 20.7 Å². The van der Waals surface area contributed by atoms with Crippen molar-refractivity contribution in [2.24, 2.45) is 7.05 Å². The van der Waals surface area contributed by atoms with Crippen LogP contribution in [0.15, 0.2) is 59.4 Å². The number of nitrogens with one attached hydrogen (secondary N) is 3. The fraction of sp³-hybridized carbons (Fsp3) is 0.100. The van der Waals surface area contributed by atoms with E-state index in [2.05, 4.69) is 16.2 Å². The van der Waals surface area contributed by atoms with Crippen molar-refractivity contribution in [2.45, 2.75) is 6.04 Å². The molecular weight excluding hydrogens is 376 g/mol. The van der Waals surface area contributed by atoms with E-state index in [4.69, 9.17) is 12.2 Å². The highest BCUT2D eigenvalue weighted by Crippen LogP contribution is 2.32. The lowest BCUT2D eigenvalue weighted by atomic mass is 10.0. The number of benzene rings is 2. The highest BCUT2D eigenvalue weighted by molar-refractivity contribution is 7.80. The molecule has 1 atom stereocenters. The zero-order valence-corrected chi connectivity index (χ0v) is 15.7. The molecule has 0 spiro atoms. The number of para-hydroxylation sites is 2. The van der Waals surface area contributed by atoms with E-state index in [-0.39, 0.29) is 27.7 Å². The van der Waals surface area contributed by atoms with Crippen molar-refractivity contribution in [3.63, 3.8) is 0 Å². The molecule has 0 unspecified atom stereocenters. The number of aromatic hydroxyl groups is 2. The third kappa shape index (κ3) is 2.98. The van der Waals surface area contributed by atoms with Crippen LogP contribution in [-0.4, -0.2) is 19.9 Å². The van der Waals surface area contributed by atoms with Crippen LogP contribution in [0.1, 0.15) is 17.2 Å². The predicted molar refractivity (Wildman–Crippen MR) is 112 cm³/mol. The van der Waals surface area contributed by atoms with Crippen molar-refractivity contribution in [3.05, 3.63) is 76.1 Å². The second-order valence-corrected chi connectivity index (χ2v) is 6.85. The molecule has 2 heterocycles. The van der Waals surface area contributed by atoms with Crippen LogP contribution in [0.2, 0.25) is 0 Å². The highest BCUT2D eigenvalue weighted by Gasteiger charge is 2.24. The summed E-state index contributed by atoms with van der Waals surface area (Å²) in [6.07, 6.45) is 1.70. The Morgan fingerprint density at radius 2 is 1.79 bits per heavy atom. The van der Waals surface area contributed by atoms with Crippen LogP contribution in [-0.2, 0) is 7.05 Å². The van der Waals surface area contributed by atoms with E-state index in [0.717, 1.165) is 0 Å². The average molecular weight is 394 g/mol. The molecule has 1 aliphatic heterocycles. The minimum atomic E-state index is -0.500. The number of aromatic nitrogens is 1. The van der Waals surface area contributed by atoms with Crippen LogP contribution < -0.4 is 21.7 Å². The van der Waals surface area contributed by atoms with Gasteiger partial charge >= 0.3 is 0 Å². The Hall–Kier alpha value is -3.36. The molecule has 0 radical (unpaired) electrons. The summed E-state index contributed by atoms with van der Waals surface area (Å²) >= 11 is 5.24. The number of aryl methyl sites for hydroxylation is 1.